The molecule has 0 amide bonds. The van der Waals surface area contributed by atoms with E-state index in [2.05, 4.69) is 15.2 Å². The number of hydrogen-bond acceptors (Lipinski definition) is 6. The van der Waals surface area contributed by atoms with Crippen molar-refractivity contribution in [1.82, 2.24) is 15.2 Å². The van der Waals surface area contributed by atoms with Gasteiger partial charge in [0.25, 0.3) is 0 Å². The molecule has 0 fully saturated rings. The molecule has 0 aliphatic heterocycles. The highest BCUT2D eigenvalue weighted by Crippen LogP contribution is 2.34. The van der Waals surface area contributed by atoms with Gasteiger partial charge in [-0.1, -0.05) is 22.9 Å². The van der Waals surface area contributed by atoms with Crippen molar-refractivity contribution in [3.8, 4) is 0 Å². The van der Waals surface area contributed by atoms with E-state index in [4.69, 9.17) is 22.7 Å². The van der Waals surface area contributed by atoms with Gasteiger partial charge in [0.2, 0.25) is 0 Å². The summed E-state index contributed by atoms with van der Waals surface area (Å²) in [5.74, 6) is -0.0762. The summed E-state index contributed by atoms with van der Waals surface area (Å²) in [6.07, 6.45) is 1.57. The number of nitrogen functional groups attached to an aromatic ring is 1. The number of pyridine rings is 1. The van der Waals surface area contributed by atoms with Crippen molar-refractivity contribution in [3.05, 3.63) is 27.9 Å². The van der Waals surface area contributed by atoms with Crippen molar-refractivity contribution in [2.24, 2.45) is 5.73 Å². The van der Waals surface area contributed by atoms with Crippen LogP contribution in [0.4, 0.5) is 0 Å². The molecule has 17 heavy (non-hydrogen) atoms. The molecule has 88 valence electrons. The first kappa shape index (κ1) is 12.3. The van der Waals surface area contributed by atoms with Crippen molar-refractivity contribution < 1.29 is 0 Å². The molecular weight excluding hydrogens is 278 g/mol. The Kier molecular flexibility index (Phi) is 3.60. The second-order valence-electron chi connectivity index (χ2n) is 3.08. The van der Waals surface area contributed by atoms with Gasteiger partial charge in [0.05, 0.1) is 5.02 Å². The van der Waals surface area contributed by atoms with Crippen molar-refractivity contribution in [2.75, 3.05) is 0 Å². The van der Waals surface area contributed by atoms with Crippen LogP contribution < -0.4 is 5.73 Å². The largest absolute Gasteiger partial charge is 0.384 e. The summed E-state index contributed by atoms with van der Waals surface area (Å²) in [7, 11) is 0. The van der Waals surface area contributed by atoms with Gasteiger partial charge in [-0.3, -0.25) is 5.41 Å². The molecule has 0 saturated heterocycles. The van der Waals surface area contributed by atoms with E-state index in [-0.39, 0.29) is 5.84 Å². The summed E-state index contributed by atoms with van der Waals surface area (Å²) in [5, 5.41) is 17.1. The van der Waals surface area contributed by atoms with Crippen LogP contribution in [0.25, 0.3) is 0 Å². The van der Waals surface area contributed by atoms with Crippen LogP contribution in [0.15, 0.2) is 21.6 Å². The van der Waals surface area contributed by atoms with Crippen LogP contribution in [-0.2, 0) is 0 Å². The average molecular weight is 286 g/mol. The van der Waals surface area contributed by atoms with Crippen molar-refractivity contribution in [3.63, 3.8) is 0 Å². The predicted molar refractivity (Wildman–Crippen MR) is 69.0 cm³/mol. The van der Waals surface area contributed by atoms with Crippen LogP contribution in [-0.4, -0.2) is 21.0 Å². The molecule has 0 radical (unpaired) electrons. The molecule has 0 aliphatic rings. The average Bonchev–Trinajstić information content (AvgIpc) is 2.67. The van der Waals surface area contributed by atoms with Gasteiger partial charge < -0.3 is 5.73 Å². The number of amidine groups is 1. The minimum absolute atomic E-state index is 0.0762. The number of nitrogens with zero attached hydrogens (tertiary/aromatic N) is 3. The molecule has 0 saturated carbocycles. The molecule has 0 spiro atoms. The molecule has 8 heteroatoms. The molecule has 2 aromatic rings. The zero-order chi connectivity index (χ0) is 12.4. The Morgan fingerprint density at radius 3 is 2.88 bits per heavy atom. The van der Waals surface area contributed by atoms with Gasteiger partial charge >= 0.3 is 0 Å². The smallest absolute Gasteiger partial charge is 0.180 e. The van der Waals surface area contributed by atoms with Crippen molar-refractivity contribution in [1.29, 1.82) is 5.41 Å². The fourth-order valence-corrected chi connectivity index (χ4v) is 3.18. The van der Waals surface area contributed by atoms with Crippen LogP contribution in [0.5, 0.6) is 0 Å². The Bertz CT molecular complexity index is 568. The lowest BCUT2D eigenvalue weighted by molar-refractivity contribution is 0.980. The fourth-order valence-electron chi connectivity index (χ4n) is 1.11. The molecule has 2 rings (SSSR count). The quantitative estimate of drug-likeness (QED) is 0.667. The first-order chi connectivity index (χ1) is 8.08. The predicted octanol–water partition coefficient (Wildman–Crippen LogP) is 2.33. The lowest BCUT2D eigenvalue weighted by Crippen LogP contribution is -2.12. The molecule has 2 heterocycles. The fraction of sp³-hybridized carbons (Fsp3) is 0.111. The third-order valence-corrected chi connectivity index (χ3v) is 4.23. The Morgan fingerprint density at radius 1 is 1.53 bits per heavy atom. The lowest BCUT2D eigenvalue weighted by Gasteiger charge is -2.04. The lowest BCUT2D eigenvalue weighted by atomic mass is 10.2. The molecule has 5 nitrogen and oxygen atoms in total. The first-order valence-corrected chi connectivity index (χ1v) is 6.56. The molecule has 0 atom stereocenters. The standard InChI is InChI=1S/C9H8ClN5S2/c1-4-14-15-9(16-4)17-8-6(10)5(7(11)12)2-3-13-8/h2-3H,1H3,(H3,11,12). The van der Waals surface area contributed by atoms with E-state index in [9.17, 15) is 0 Å². The third kappa shape index (κ3) is 2.74. The van der Waals surface area contributed by atoms with Crippen LogP contribution in [0.1, 0.15) is 10.6 Å². The second-order valence-corrected chi connectivity index (χ2v) is 5.88. The number of rotatable bonds is 3. The summed E-state index contributed by atoms with van der Waals surface area (Å²) in [4.78, 5) is 4.14. The number of nitrogens with one attached hydrogen (secondary N) is 1. The number of nitrogens with two attached hydrogens (primary N) is 1. The van der Waals surface area contributed by atoms with E-state index in [0.717, 1.165) is 9.35 Å². The molecular formula is C9H8ClN5S2. The molecule has 0 bridgehead atoms. The zero-order valence-electron chi connectivity index (χ0n) is 8.77. The highest BCUT2D eigenvalue weighted by atomic mass is 35.5. The minimum Gasteiger partial charge on any atom is -0.384 e. The highest BCUT2D eigenvalue weighted by Gasteiger charge is 2.12. The Morgan fingerprint density at radius 2 is 2.29 bits per heavy atom. The summed E-state index contributed by atoms with van der Waals surface area (Å²) in [6, 6.07) is 1.61. The number of halogens is 1. The van der Waals surface area contributed by atoms with Crippen LogP contribution in [0.3, 0.4) is 0 Å². The monoisotopic (exact) mass is 285 g/mol. The third-order valence-electron chi connectivity index (χ3n) is 1.84. The maximum atomic E-state index is 7.39. The van der Waals surface area contributed by atoms with Crippen LogP contribution in [0, 0.1) is 12.3 Å². The van der Waals surface area contributed by atoms with Gasteiger partial charge in [-0.05, 0) is 24.8 Å². The maximum Gasteiger partial charge on any atom is 0.180 e. The molecule has 0 aromatic carbocycles. The van der Waals surface area contributed by atoms with Gasteiger partial charge in [-0.2, -0.15) is 0 Å². The zero-order valence-corrected chi connectivity index (χ0v) is 11.2. The Hall–Kier alpha value is -1.18. The molecule has 2 aromatic heterocycles. The number of hydrogen-bond donors (Lipinski definition) is 2. The molecule has 0 unspecified atom stereocenters. The van der Waals surface area contributed by atoms with Gasteiger partial charge in [-0.25, -0.2) is 4.98 Å². The number of aromatic nitrogens is 3. The van der Waals surface area contributed by atoms with E-state index >= 15 is 0 Å². The Balaban J connectivity index is 2.33. The van der Waals surface area contributed by atoms with E-state index in [1.54, 1.807) is 12.3 Å². The summed E-state index contributed by atoms with van der Waals surface area (Å²) < 4.78 is 0.762. The van der Waals surface area contributed by atoms with Crippen molar-refractivity contribution >= 4 is 40.5 Å². The summed E-state index contributed by atoms with van der Waals surface area (Å²) >= 11 is 8.89. The van der Waals surface area contributed by atoms with Crippen molar-refractivity contribution in [2.45, 2.75) is 16.3 Å². The maximum absolute atomic E-state index is 7.39. The summed E-state index contributed by atoms with van der Waals surface area (Å²) in [6.45, 7) is 1.88. The van der Waals surface area contributed by atoms with E-state index in [1.807, 2.05) is 6.92 Å². The van der Waals surface area contributed by atoms with Gasteiger partial charge in [0, 0.05) is 11.8 Å². The van der Waals surface area contributed by atoms with Gasteiger partial charge in [0.15, 0.2) is 4.34 Å². The van der Waals surface area contributed by atoms with Crippen LogP contribution >= 0.6 is 34.7 Å². The molecule has 0 aliphatic carbocycles. The topological polar surface area (TPSA) is 88.5 Å². The van der Waals surface area contributed by atoms with E-state index in [0.29, 0.717) is 15.6 Å². The Labute approximate surface area is 111 Å². The summed E-state index contributed by atoms with van der Waals surface area (Å²) in [5.41, 5.74) is 5.89. The van der Waals surface area contributed by atoms with E-state index < -0.39 is 0 Å². The van der Waals surface area contributed by atoms with Crippen LogP contribution in [0.2, 0.25) is 5.02 Å². The SMILES string of the molecule is Cc1nnc(Sc2nccc(C(=N)N)c2Cl)s1. The normalized spacial score (nSPS) is 10.5. The number of aryl methyl sites for hydroxylation is 1. The second kappa shape index (κ2) is 4.99. The van der Waals surface area contributed by atoms with E-state index in [1.165, 1.54) is 23.1 Å². The molecule has 3 N–H and O–H groups in total. The van der Waals surface area contributed by atoms with Gasteiger partial charge in [0.1, 0.15) is 15.9 Å². The highest BCUT2D eigenvalue weighted by molar-refractivity contribution is 8.01. The minimum atomic E-state index is -0.0762. The first-order valence-electron chi connectivity index (χ1n) is 4.55. The van der Waals surface area contributed by atoms with Gasteiger partial charge in [-0.15, -0.1) is 10.2 Å².